The maximum absolute atomic E-state index is 2.28. The molecule has 0 heterocycles. The highest BCUT2D eigenvalue weighted by atomic mass is 14.0. The molecule has 0 aliphatic heterocycles. The van der Waals surface area contributed by atoms with Crippen molar-refractivity contribution in [1.82, 2.24) is 0 Å². The van der Waals surface area contributed by atoms with E-state index >= 15 is 0 Å². The maximum Gasteiger partial charge on any atom is -0.0139 e. The van der Waals surface area contributed by atoms with Gasteiger partial charge in [-0.25, -0.2) is 0 Å². The monoisotopic (exact) mass is 152 g/mol. The van der Waals surface area contributed by atoms with Gasteiger partial charge in [0.2, 0.25) is 0 Å². The minimum absolute atomic E-state index is 1.17. The van der Waals surface area contributed by atoms with Crippen LogP contribution in [0.5, 0.6) is 0 Å². The predicted molar refractivity (Wildman–Crippen MR) is 52.7 cm³/mol. The summed E-state index contributed by atoms with van der Waals surface area (Å²) in [4.78, 5) is 0. The van der Waals surface area contributed by atoms with Crippen molar-refractivity contribution in [3.8, 4) is 0 Å². The van der Waals surface area contributed by atoms with Crippen LogP contribution in [0.4, 0.5) is 0 Å². The zero-order valence-electron chi connectivity index (χ0n) is 8.28. The highest BCUT2D eigenvalue weighted by Gasteiger charge is 1.97. The highest BCUT2D eigenvalue weighted by Crippen LogP contribution is 2.17. The molecule has 0 radical (unpaired) electrons. The normalized spacial score (nSPS) is 17.1. The van der Waals surface area contributed by atoms with Gasteiger partial charge in [0.1, 0.15) is 0 Å². The molecular weight excluding hydrogens is 132 g/mol. The van der Waals surface area contributed by atoms with Crippen molar-refractivity contribution < 1.29 is 0 Å². The molecule has 0 aromatic rings. The second-order valence-corrected chi connectivity index (χ2v) is 2.77. The number of allylic oxidation sites excluding steroid dienone is 4. The predicted octanol–water partition coefficient (Wildman–Crippen LogP) is 4.09. The molecule has 0 atom stereocenters. The quantitative estimate of drug-likeness (QED) is 0.459. The van der Waals surface area contributed by atoms with Crippen LogP contribution in [0.15, 0.2) is 23.3 Å². The molecule has 0 amide bonds. The van der Waals surface area contributed by atoms with Crippen molar-refractivity contribution in [3.05, 3.63) is 23.3 Å². The number of hydrogen-bond acceptors (Lipinski definition) is 0. The van der Waals surface area contributed by atoms with Crippen LogP contribution < -0.4 is 0 Å². The van der Waals surface area contributed by atoms with E-state index in [1.54, 1.807) is 11.1 Å². The third-order valence-corrected chi connectivity index (χ3v) is 2.01. The Morgan fingerprint density at radius 2 is 1.64 bits per heavy atom. The largest absolute Gasteiger partial charge is 0.0879 e. The Labute approximate surface area is 71.0 Å². The maximum atomic E-state index is 2.28. The molecule has 0 heteroatoms. The van der Waals surface area contributed by atoms with Crippen LogP contribution in [0, 0.1) is 0 Å². The molecule has 0 spiro atoms. The van der Waals surface area contributed by atoms with E-state index in [1.165, 1.54) is 19.3 Å². The summed E-state index contributed by atoms with van der Waals surface area (Å²) in [6, 6.07) is 0. The molecule has 0 nitrogen and oxygen atoms in total. The van der Waals surface area contributed by atoms with Crippen LogP contribution in [0.3, 0.4) is 0 Å². The van der Waals surface area contributed by atoms with E-state index in [9.17, 15) is 0 Å². The van der Waals surface area contributed by atoms with Crippen molar-refractivity contribution in [2.75, 3.05) is 0 Å². The summed E-state index contributed by atoms with van der Waals surface area (Å²) in [5, 5.41) is 0. The lowest BCUT2D eigenvalue weighted by molar-refractivity contribution is 0.965. The molecule has 0 bridgehead atoms. The van der Waals surface area contributed by atoms with Crippen molar-refractivity contribution in [2.24, 2.45) is 0 Å². The lowest BCUT2D eigenvalue weighted by atomic mass is 10.1. The lowest BCUT2D eigenvalue weighted by Gasteiger charge is -1.99. The Kier molecular flexibility index (Phi) is 5.91. The van der Waals surface area contributed by atoms with Crippen LogP contribution in [-0.2, 0) is 0 Å². The summed E-state index contributed by atoms with van der Waals surface area (Å²) in [6.45, 7) is 8.47. The Morgan fingerprint density at radius 3 is 2.27 bits per heavy atom. The first-order chi connectivity index (χ1) is 5.30. The molecule has 1 aliphatic rings. The fourth-order valence-corrected chi connectivity index (χ4v) is 1.07. The van der Waals surface area contributed by atoms with Gasteiger partial charge < -0.3 is 0 Å². The van der Waals surface area contributed by atoms with Crippen LogP contribution in [0.1, 0.15) is 47.0 Å². The average molecular weight is 152 g/mol. The fourth-order valence-electron chi connectivity index (χ4n) is 1.07. The molecule has 0 fully saturated rings. The van der Waals surface area contributed by atoms with Crippen molar-refractivity contribution in [2.45, 2.75) is 47.0 Å². The van der Waals surface area contributed by atoms with Crippen molar-refractivity contribution >= 4 is 0 Å². The molecule has 0 N–H and O–H groups in total. The molecule has 0 unspecified atom stereocenters. The van der Waals surface area contributed by atoms with Crippen molar-refractivity contribution in [1.29, 1.82) is 0 Å². The SMILES string of the molecule is CC.CC1=C(C)CCC=CC1. The summed E-state index contributed by atoms with van der Waals surface area (Å²) in [5.41, 5.74) is 3.14. The topological polar surface area (TPSA) is 0 Å². The minimum atomic E-state index is 1.17. The van der Waals surface area contributed by atoms with Gasteiger partial charge in [-0.1, -0.05) is 37.1 Å². The van der Waals surface area contributed by atoms with Gasteiger partial charge in [0.05, 0.1) is 0 Å². The molecule has 0 saturated carbocycles. The molecule has 64 valence electrons. The zero-order chi connectivity index (χ0) is 8.69. The van der Waals surface area contributed by atoms with Crippen LogP contribution in [-0.4, -0.2) is 0 Å². The van der Waals surface area contributed by atoms with Gasteiger partial charge in [0.15, 0.2) is 0 Å². The van der Waals surface area contributed by atoms with Gasteiger partial charge >= 0.3 is 0 Å². The lowest BCUT2D eigenvalue weighted by Crippen LogP contribution is -1.78. The summed E-state index contributed by atoms with van der Waals surface area (Å²) >= 11 is 0. The molecule has 11 heavy (non-hydrogen) atoms. The standard InChI is InChI=1S/C9H14.C2H6/c1-8-6-4-3-5-7-9(8)2;1-2/h3-4H,5-7H2,1-2H3;1-2H3. The number of rotatable bonds is 0. The van der Waals surface area contributed by atoms with Crippen LogP contribution >= 0.6 is 0 Å². The van der Waals surface area contributed by atoms with Gasteiger partial charge in [-0.2, -0.15) is 0 Å². The van der Waals surface area contributed by atoms with E-state index < -0.39 is 0 Å². The summed E-state index contributed by atoms with van der Waals surface area (Å²) in [7, 11) is 0. The first-order valence-electron chi connectivity index (χ1n) is 4.61. The third-order valence-electron chi connectivity index (χ3n) is 2.01. The van der Waals surface area contributed by atoms with E-state index in [2.05, 4.69) is 26.0 Å². The van der Waals surface area contributed by atoms with Crippen molar-refractivity contribution in [3.63, 3.8) is 0 Å². The molecule has 0 aromatic heterocycles. The fraction of sp³-hybridized carbons (Fsp3) is 0.636. The summed E-state index contributed by atoms with van der Waals surface area (Å²) in [6.07, 6.45) is 8.23. The van der Waals surface area contributed by atoms with Gasteiger partial charge in [0, 0.05) is 0 Å². The van der Waals surface area contributed by atoms with Gasteiger partial charge in [0.25, 0.3) is 0 Å². The Bertz CT molecular complexity index is 149. The van der Waals surface area contributed by atoms with E-state index in [-0.39, 0.29) is 0 Å². The zero-order valence-corrected chi connectivity index (χ0v) is 8.28. The van der Waals surface area contributed by atoms with E-state index in [4.69, 9.17) is 0 Å². The van der Waals surface area contributed by atoms with Gasteiger partial charge in [-0.05, 0) is 33.1 Å². The first kappa shape index (κ1) is 10.5. The van der Waals surface area contributed by atoms with Gasteiger partial charge in [-0.15, -0.1) is 0 Å². The third kappa shape index (κ3) is 4.02. The molecular formula is C11H20. The Hall–Kier alpha value is -0.520. The minimum Gasteiger partial charge on any atom is -0.0879 e. The second kappa shape index (κ2) is 6.21. The van der Waals surface area contributed by atoms with E-state index in [0.717, 1.165) is 0 Å². The molecule has 1 aliphatic carbocycles. The van der Waals surface area contributed by atoms with E-state index in [1.807, 2.05) is 13.8 Å². The summed E-state index contributed by atoms with van der Waals surface area (Å²) in [5.74, 6) is 0. The Morgan fingerprint density at radius 1 is 1.00 bits per heavy atom. The van der Waals surface area contributed by atoms with Crippen LogP contribution in [0.25, 0.3) is 0 Å². The number of hydrogen-bond donors (Lipinski definition) is 0. The summed E-state index contributed by atoms with van der Waals surface area (Å²) < 4.78 is 0. The van der Waals surface area contributed by atoms with Gasteiger partial charge in [-0.3, -0.25) is 0 Å². The Balaban J connectivity index is 0.000000461. The molecule has 0 aromatic carbocycles. The highest BCUT2D eigenvalue weighted by molar-refractivity contribution is 5.16. The molecule has 0 saturated heterocycles. The molecule has 1 rings (SSSR count). The smallest absolute Gasteiger partial charge is 0.0139 e. The van der Waals surface area contributed by atoms with E-state index in [0.29, 0.717) is 0 Å². The average Bonchev–Trinajstić information content (AvgIpc) is 2.22. The first-order valence-corrected chi connectivity index (χ1v) is 4.61. The second-order valence-electron chi connectivity index (χ2n) is 2.77. The van der Waals surface area contributed by atoms with Crippen LogP contribution in [0.2, 0.25) is 0 Å².